The summed E-state index contributed by atoms with van der Waals surface area (Å²) in [6.07, 6.45) is 1.66. The zero-order valence-corrected chi connectivity index (χ0v) is 8.42. The van der Waals surface area contributed by atoms with E-state index in [0.717, 1.165) is 17.1 Å². The minimum absolute atomic E-state index is 0.416. The van der Waals surface area contributed by atoms with Gasteiger partial charge in [0, 0.05) is 6.54 Å². The molecule has 5 heteroatoms. The number of aromatic nitrogens is 3. The molecule has 0 amide bonds. The number of benzene rings is 1. The Balaban J connectivity index is 2.37. The number of nitrogens with two attached hydrogens (primary N) is 1. The minimum atomic E-state index is 0.416. The van der Waals surface area contributed by atoms with Crippen LogP contribution in [0.15, 0.2) is 30.5 Å². The van der Waals surface area contributed by atoms with Crippen LogP contribution in [0.25, 0.3) is 5.69 Å². The first-order chi connectivity index (χ1) is 7.35. The fourth-order valence-corrected chi connectivity index (χ4v) is 1.34. The molecular formula is C10H12N4O. The molecule has 0 fully saturated rings. The van der Waals surface area contributed by atoms with Gasteiger partial charge in [0.1, 0.15) is 5.75 Å². The van der Waals surface area contributed by atoms with E-state index in [1.807, 2.05) is 24.3 Å². The average Bonchev–Trinajstić information content (AvgIpc) is 2.77. The zero-order valence-electron chi connectivity index (χ0n) is 8.42. The number of ether oxygens (including phenoxy) is 1. The van der Waals surface area contributed by atoms with Gasteiger partial charge in [0.25, 0.3) is 0 Å². The van der Waals surface area contributed by atoms with Crippen molar-refractivity contribution < 1.29 is 4.74 Å². The van der Waals surface area contributed by atoms with Crippen molar-refractivity contribution in [3.63, 3.8) is 0 Å². The number of rotatable bonds is 3. The van der Waals surface area contributed by atoms with Crippen LogP contribution in [0.2, 0.25) is 0 Å². The van der Waals surface area contributed by atoms with Crippen molar-refractivity contribution in [2.75, 3.05) is 7.11 Å². The highest BCUT2D eigenvalue weighted by Gasteiger charge is 2.03. The lowest BCUT2D eigenvalue weighted by molar-refractivity contribution is 0.414. The maximum atomic E-state index is 5.56. The number of nitrogens with zero attached hydrogens (tertiary/aromatic N) is 3. The van der Waals surface area contributed by atoms with E-state index < -0.39 is 0 Å². The molecule has 0 aliphatic carbocycles. The van der Waals surface area contributed by atoms with Gasteiger partial charge in [-0.15, -0.1) is 5.10 Å². The standard InChI is InChI=1S/C10H12N4O/c1-15-10-4-2-8(3-5-10)14-9(6-11)7-12-13-14/h2-5,7H,6,11H2,1H3. The summed E-state index contributed by atoms with van der Waals surface area (Å²) in [6, 6.07) is 7.56. The fraction of sp³-hybridized carbons (Fsp3) is 0.200. The summed E-state index contributed by atoms with van der Waals surface area (Å²) in [5.41, 5.74) is 7.36. The highest BCUT2D eigenvalue weighted by Crippen LogP contribution is 2.14. The lowest BCUT2D eigenvalue weighted by Crippen LogP contribution is -2.06. The highest BCUT2D eigenvalue weighted by atomic mass is 16.5. The Morgan fingerprint density at radius 2 is 2.07 bits per heavy atom. The molecule has 0 saturated carbocycles. The quantitative estimate of drug-likeness (QED) is 0.800. The Kier molecular flexibility index (Phi) is 2.64. The van der Waals surface area contributed by atoms with E-state index in [2.05, 4.69) is 10.3 Å². The van der Waals surface area contributed by atoms with Crippen molar-refractivity contribution in [3.05, 3.63) is 36.2 Å². The van der Waals surface area contributed by atoms with E-state index in [0.29, 0.717) is 6.54 Å². The van der Waals surface area contributed by atoms with Crippen molar-refractivity contribution >= 4 is 0 Å². The van der Waals surface area contributed by atoms with Gasteiger partial charge < -0.3 is 10.5 Å². The third-order valence-electron chi connectivity index (χ3n) is 2.15. The van der Waals surface area contributed by atoms with E-state index in [4.69, 9.17) is 10.5 Å². The van der Waals surface area contributed by atoms with Gasteiger partial charge in [-0.1, -0.05) is 5.21 Å². The molecule has 2 N–H and O–H groups in total. The Morgan fingerprint density at radius 1 is 1.33 bits per heavy atom. The SMILES string of the molecule is COc1ccc(-n2nncc2CN)cc1. The third-order valence-corrected chi connectivity index (χ3v) is 2.15. The fourth-order valence-electron chi connectivity index (χ4n) is 1.34. The molecule has 1 aromatic heterocycles. The Labute approximate surface area is 87.5 Å². The van der Waals surface area contributed by atoms with E-state index >= 15 is 0 Å². The van der Waals surface area contributed by atoms with Crippen LogP contribution in [0.1, 0.15) is 5.69 Å². The molecule has 0 atom stereocenters. The molecule has 0 radical (unpaired) electrons. The predicted octanol–water partition coefficient (Wildman–Crippen LogP) is 0.735. The van der Waals surface area contributed by atoms with Gasteiger partial charge in [0.15, 0.2) is 0 Å². The summed E-state index contributed by atoms with van der Waals surface area (Å²) in [4.78, 5) is 0. The predicted molar refractivity (Wildman–Crippen MR) is 55.8 cm³/mol. The summed E-state index contributed by atoms with van der Waals surface area (Å²) in [5, 5.41) is 7.77. The molecule has 0 saturated heterocycles. The van der Waals surface area contributed by atoms with Crippen molar-refractivity contribution in [1.29, 1.82) is 0 Å². The Morgan fingerprint density at radius 3 is 2.67 bits per heavy atom. The van der Waals surface area contributed by atoms with E-state index in [-0.39, 0.29) is 0 Å². The maximum Gasteiger partial charge on any atom is 0.119 e. The number of hydrogen-bond acceptors (Lipinski definition) is 4. The minimum Gasteiger partial charge on any atom is -0.497 e. The lowest BCUT2D eigenvalue weighted by Gasteiger charge is -2.05. The van der Waals surface area contributed by atoms with Gasteiger partial charge in [-0.3, -0.25) is 0 Å². The number of methoxy groups -OCH3 is 1. The Hall–Kier alpha value is -1.88. The third kappa shape index (κ3) is 1.82. The van der Waals surface area contributed by atoms with Gasteiger partial charge in [0.05, 0.1) is 24.7 Å². The largest absolute Gasteiger partial charge is 0.497 e. The molecule has 2 rings (SSSR count). The summed E-state index contributed by atoms with van der Waals surface area (Å²) in [6.45, 7) is 0.416. The second-order valence-corrected chi connectivity index (χ2v) is 3.04. The molecule has 1 aromatic carbocycles. The van der Waals surface area contributed by atoms with Gasteiger partial charge in [0.2, 0.25) is 0 Å². The zero-order chi connectivity index (χ0) is 10.7. The maximum absolute atomic E-state index is 5.56. The molecule has 0 unspecified atom stereocenters. The molecule has 0 aliphatic rings. The monoisotopic (exact) mass is 204 g/mol. The molecule has 5 nitrogen and oxygen atoms in total. The van der Waals surface area contributed by atoms with Crippen LogP contribution in [0.4, 0.5) is 0 Å². The molecule has 1 heterocycles. The van der Waals surface area contributed by atoms with Crippen LogP contribution in [-0.4, -0.2) is 22.1 Å². The van der Waals surface area contributed by atoms with E-state index in [1.165, 1.54) is 0 Å². The first-order valence-corrected chi connectivity index (χ1v) is 4.59. The summed E-state index contributed by atoms with van der Waals surface area (Å²) in [7, 11) is 1.63. The molecular weight excluding hydrogens is 192 g/mol. The van der Waals surface area contributed by atoms with Crippen molar-refractivity contribution in [2.24, 2.45) is 5.73 Å². The topological polar surface area (TPSA) is 66.0 Å². The lowest BCUT2D eigenvalue weighted by atomic mass is 10.3. The van der Waals surface area contributed by atoms with Crippen molar-refractivity contribution in [3.8, 4) is 11.4 Å². The van der Waals surface area contributed by atoms with Crippen LogP contribution in [0, 0.1) is 0 Å². The summed E-state index contributed by atoms with van der Waals surface area (Å²) in [5.74, 6) is 0.813. The molecule has 15 heavy (non-hydrogen) atoms. The second-order valence-electron chi connectivity index (χ2n) is 3.04. The van der Waals surface area contributed by atoms with Crippen LogP contribution in [0.3, 0.4) is 0 Å². The molecule has 0 spiro atoms. The summed E-state index contributed by atoms with van der Waals surface area (Å²) >= 11 is 0. The molecule has 78 valence electrons. The average molecular weight is 204 g/mol. The molecule has 0 bridgehead atoms. The van der Waals surface area contributed by atoms with Gasteiger partial charge in [-0.25, -0.2) is 4.68 Å². The normalized spacial score (nSPS) is 10.3. The molecule has 0 aliphatic heterocycles. The second kappa shape index (κ2) is 4.10. The van der Waals surface area contributed by atoms with E-state index in [1.54, 1.807) is 18.0 Å². The van der Waals surface area contributed by atoms with E-state index in [9.17, 15) is 0 Å². The molecule has 2 aromatic rings. The number of hydrogen-bond donors (Lipinski definition) is 1. The van der Waals surface area contributed by atoms with Crippen LogP contribution in [0.5, 0.6) is 5.75 Å². The van der Waals surface area contributed by atoms with Gasteiger partial charge in [-0.05, 0) is 24.3 Å². The van der Waals surface area contributed by atoms with Gasteiger partial charge >= 0.3 is 0 Å². The van der Waals surface area contributed by atoms with Crippen LogP contribution >= 0.6 is 0 Å². The first kappa shape index (κ1) is 9.67. The van der Waals surface area contributed by atoms with Crippen molar-refractivity contribution in [1.82, 2.24) is 15.0 Å². The highest BCUT2D eigenvalue weighted by molar-refractivity contribution is 5.37. The first-order valence-electron chi connectivity index (χ1n) is 4.59. The van der Waals surface area contributed by atoms with Crippen molar-refractivity contribution in [2.45, 2.75) is 6.54 Å². The Bertz CT molecular complexity index is 435. The summed E-state index contributed by atoms with van der Waals surface area (Å²) < 4.78 is 6.78. The van der Waals surface area contributed by atoms with Gasteiger partial charge in [-0.2, -0.15) is 0 Å². The van der Waals surface area contributed by atoms with Crippen LogP contribution < -0.4 is 10.5 Å². The van der Waals surface area contributed by atoms with Crippen LogP contribution in [-0.2, 0) is 6.54 Å². The smallest absolute Gasteiger partial charge is 0.119 e.